The molecule has 1 aromatic carbocycles. The fourth-order valence-corrected chi connectivity index (χ4v) is 1.43. The van der Waals surface area contributed by atoms with E-state index in [1.807, 2.05) is 20.8 Å². The van der Waals surface area contributed by atoms with Crippen LogP contribution in [0.4, 0.5) is 5.69 Å². The second kappa shape index (κ2) is 5.69. The topological polar surface area (TPSA) is 85.0 Å². The molecule has 0 radical (unpaired) electrons. The first-order chi connectivity index (χ1) is 8.75. The molecule has 0 bridgehead atoms. The first-order valence-corrected chi connectivity index (χ1v) is 5.85. The summed E-state index contributed by atoms with van der Waals surface area (Å²) >= 11 is 0. The highest BCUT2D eigenvalue weighted by atomic mass is 16.6. The van der Waals surface area contributed by atoms with Crippen molar-refractivity contribution in [1.29, 1.82) is 0 Å². The Kier molecular flexibility index (Phi) is 4.47. The van der Waals surface area contributed by atoms with Gasteiger partial charge in [0.2, 0.25) is 0 Å². The van der Waals surface area contributed by atoms with E-state index >= 15 is 0 Å². The van der Waals surface area contributed by atoms with Gasteiger partial charge >= 0.3 is 5.69 Å². The normalized spacial score (nSPS) is 12.3. The standard InChI is InChI=1S/C13H18N2O4/c1-9-5-6-11(10(7-9)15(17)18)19-8-12(14-16)13(2,3)4/h5-7,16H,8H2,1-4H3/b14-12+. The Labute approximate surface area is 111 Å². The van der Waals surface area contributed by atoms with Gasteiger partial charge < -0.3 is 9.94 Å². The van der Waals surface area contributed by atoms with E-state index in [0.29, 0.717) is 5.71 Å². The summed E-state index contributed by atoms with van der Waals surface area (Å²) in [6.45, 7) is 7.38. The number of hydrogen-bond acceptors (Lipinski definition) is 5. The molecule has 1 N–H and O–H groups in total. The van der Waals surface area contributed by atoms with Crippen LogP contribution in [0.2, 0.25) is 0 Å². The summed E-state index contributed by atoms with van der Waals surface area (Å²) in [5.74, 6) is 0.168. The lowest BCUT2D eigenvalue weighted by Crippen LogP contribution is -2.27. The molecule has 0 spiro atoms. The molecule has 0 saturated heterocycles. The van der Waals surface area contributed by atoms with Gasteiger partial charge in [-0.15, -0.1) is 0 Å². The molecule has 0 amide bonds. The van der Waals surface area contributed by atoms with Crippen LogP contribution in [0.25, 0.3) is 0 Å². The van der Waals surface area contributed by atoms with Crippen LogP contribution in [0.3, 0.4) is 0 Å². The van der Waals surface area contributed by atoms with E-state index in [1.165, 1.54) is 6.07 Å². The Morgan fingerprint density at radius 1 is 1.47 bits per heavy atom. The second-order valence-electron chi connectivity index (χ2n) is 5.31. The molecule has 0 atom stereocenters. The SMILES string of the molecule is Cc1ccc(OC/C(=N\O)C(C)(C)C)c([N+](=O)[O-])c1. The molecule has 0 saturated carbocycles. The van der Waals surface area contributed by atoms with E-state index in [2.05, 4.69) is 5.16 Å². The first-order valence-electron chi connectivity index (χ1n) is 5.85. The fraction of sp³-hybridized carbons (Fsp3) is 0.462. The van der Waals surface area contributed by atoms with Gasteiger partial charge in [-0.3, -0.25) is 10.1 Å². The van der Waals surface area contributed by atoms with Crippen molar-refractivity contribution in [1.82, 2.24) is 0 Å². The van der Waals surface area contributed by atoms with Crippen molar-refractivity contribution in [2.45, 2.75) is 27.7 Å². The molecule has 0 aliphatic heterocycles. The maximum absolute atomic E-state index is 10.9. The van der Waals surface area contributed by atoms with Crippen LogP contribution < -0.4 is 4.74 Å². The minimum atomic E-state index is -0.491. The fourth-order valence-electron chi connectivity index (χ4n) is 1.43. The predicted molar refractivity (Wildman–Crippen MR) is 72.0 cm³/mol. The van der Waals surface area contributed by atoms with E-state index < -0.39 is 4.92 Å². The molecule has 1 aromatic rings. The molecule has 0 aromatic heterocycles. The van der Waals surface area contributed by atoms with Gasteiger partial charge in [0.25, 0.3) is 0 Å². The number of rotatable bonds is 4. The molecule has 6 heteroatoms. The Morgan fingerprint density at radius 3 is 2.58 bits per heavy atom. The number of hydrogen-bond donors (Lipinski definition) is 1. The van der Waals surface area contributed by atoms with Crippen molar-refractivity contribution in [3.8, 4) is 5.75 Å². The zero-order chi connectivity index (χ0) is 14.6. The van der Waals surface area contributed by atoms with E-state index in [0.717, 1.165) is 5.56 Å². The maximum Gasteiger partial charge on any atom is 0.311 e. The minimum Gasteiger partial charge on any atom is -0.480 e. The van der Waals surface area contributed by atoms with Gasteiger partial charge in [0.15, 0.2) is 5.75 Å². The quantitative estimate of drug-likeness (QED) is 0.392. The molecule has 0 fully saturated rings. The number of ether oxygens (including phenoxy) is 1. The number of oxime groups is 1. The number of benzene rings is 1. The third kappa shape index (κ3) is 3.94. The summed E-state index contributed by atoms with van der Waals surface area (Å²) < 4.78 is 5.40. The summed E-state index contributed by atoms with van der Waals surface area (Å²) in [4.78, 5) is 10.4. The first kappa shape index (κ1) is 14.9. The van der Waals surface area contributed by atoms with Gasteiger partial charge in [-0.25, -0.2) is 0 Å². The molecular formula is C13H18N2O4. The average Bonchev–Trinajstić information content (AvgIpc) is 2.29. The van der Waals surface area contributed by atoms with E-state index in [1.54, 1.807) is 19.1 Å². The number of aryl methyl sites for hydroxylation is 1. The predicted octanol–water partition coefficient (Wildman–Crippen LogP) is 3.16. The lowest BCUT2D eigenvalue weighted by Gasteiger charge is -2.19. The highest BCUT2D eigenvalue weighted by Gasteiger charge is 2.22. The van der Waals surface area contributed by atoms with Crippen LogP contribution >= 0.6 is 0 Å². The van der Waals surface area contributed by atoms with Crippen LogP contribution in [-0.4, -0.2) is 22.4 Å². The van der Waals surface area contributed by atoms with Crippen LogP contribution in [0, 0.1) is 22.5 Å². The summed E-state index contributed by atoms with van der Waals surface area (Å²) in [5.41, 5.74) is 0.744. The Morgan fingerprint density at radius 2 is 2.11 bits per heavy atom. The molecule has 1 rings (SSSR count). The van der Waals surface area contributed by atoms with Gasteiger partial charge in [0.05, 0.1) is 10.6 Å². The van der Waals surface area contributed by atoms with E-state index in [9.17, 15) is 10.1 Å². The lowest BCUT2D eigenvalue weighted by molar-refractivity contribution is -0.385. The Balaban J connectivity index is 2.92. The monoisotopic (exact) mass is 266 g/mol. The summed E-state index contributed by atoms with van der Waals surface area (Å²) in [5, 5.41) is 23.1. The molecule has 0 heterocycles. The summed E-state index contributed by atoms with van der Waals surface area (Å²) in [6.07, 6.45) is 0. The molecule has 0 aliphatic carbocycles. The zero-order valence-electron chi connectivity index (χ0n) is 11.5. The Hall–Kier alpha value is -2.11. The molecular weight excluding hydrogens is 248 g/mol. The smallest absolute Gasteiger partial charge is 0.311 e. The van der Waals surface area contributed by atoms with Gasteiger partial charge in [0.1, 0.15) is 6.61 Å². The minimum absolute atomic E-state index is 0.00387. The third-order valence-electron chi connectivity index (χ3n) is 2.66. The molecule has 104 valence electrons. The van der Waals surface area contributed by atoms with Gasteiger partial charge in [-0.05, 0) is 18.6 Å². The average molecular weight is 266 g/mol. The van der Waals surface area contributed by atoms with Crippen molar-refractivity contribution >= 4 is 11.4 Å². The highest BCUT2D eigenvalue weighted by Crippen LogP contribution is 2.28. The second-order valence-corrected chi connectivity index (χ2v) is 5.31. The van der Waals surface area contributed by atoms with Crippen molar-refractivity contribution in [2.24, 2.45) is 10.6 Å². The van der Waals surface area contributed by atoms with Gasteiger partial charge in [-0.2, -0.15) is 0 Å². The summed E-state index contributed by atoms with van der Waals surface area (Å²) in [7, 11) is 0. The van der Waals surface area contributed by atoms with E-state index in [4.69, 9.17) is 9.94 Å². The number of nitrogens with zero attached hydrogens (tertiary/aromatic N) is 2. The van der Waals surface area contributed by atoms with Crippen LogP contribution in [-0.2, 0) is 0 Å². The Bertz CT molecular complexity index is 504. The van der Waals surface area contributed by atoms with Crippen molar-refractivity contribution in [2.75, 3.05) is 6.61 Å². The number of nitro groups is 1. The molecule has 0 aliphatic rings. The largest absolute Gasteiger partial charge is 0.480 e. The van der Waals surface area contributed by atoms with E-state index in [-0.39, 0.29) is 23.5 Å². The van der Waals surface area contributed by atoms with Crippen molar-refractivity contribution < 1.29 is 14.9 Å². The molecule has 19 heavy (non-hydrogen) atoms. The lowest BCUT2D eigenvalue weighted by atomic mass is 9.90. The van der Waals surface area contributed by atoms with Crippen LogP contribution in [0.15, 0.2) is 23.4 Å². The van der Waals surface area contributed by atoms with Crippen LogP contribution in [0.1, 0.15) is 26.3 Å². The van der Waals surface area contributed by atoms with Gasteiger partial charge in [0, 0.05) is 11.5 Å². The van der Waals surface area contributed by atoms with Gasteiger partial charge in [-0.1, -0.05) is 32.0 Å². The highest BCUT2D eigenvalue weighted by molar-refractivity contribution is 5.90. The zero-order valence-corrected chi connectivity index (χ0v) is 11.5. The molecule has 6 nitrogen and oxygen atoms in total. The third-order valence-corrected chi connectivity index (χ3v) is 2.66. The molecule has 0 unspecified atom stereocenters. The van der Waals surface area contributed by atoms with Crippen LogP contribution in [0.5, 0.6) is 5.75 Å². The number of nitro benzene ring substituents is 1. The van der Waals surface area contributed by atoms with Crippen molar-refractivity contribution in [3.63, 3.8) is 0 Å². The van der Waals surface area contributed by atoms with Crippen molar-refractivity contribution in [3.05, 3.63) is 33.9 Å². The maximum atomic E-state index is 10.9. The summed E-state index contributed by atoms with van der Waals surface area (Å²) in [6, 6.07) is 4.72.